The molecule has 1 saturated carbocycles. The molecule has 0 bridgehead atoms. The minimum absolute atomic E-state index is 0.198. The van der Waals surface area contributed by atoms with E-state index >= 15 is 0 Å². The zero-order valence-electron chi connectivity index (χ0n) is 9.27. The third-order valence-electron chi connectivity index (χ3n) is 2.87. The summed E-state index contributed by atoms with van der Waals surface area (Å²) in [5, 5.41) is 0. The van der Waals surface area contributed by atoms with Gasteiger partial charge in [0.15, 0.2) is 0 Å². The summed E-state index contributed by atoms with van der Waals surface area (Å²) in [5.41, 5.74) is 0.788. The van der Waals surface area contributed by atoms with Crippen molar-refractivity contribution in [3.8, 4) is 0 Å². The molecule has 0 aliphatic heterocycles. The largest absolute Gasteiger partial charge is 0.243 e. The lowest BCUT2D eigenvalue weighted by molar-refractivity contribution is 0.464. The predicted octanol–water partition coefficient (Wildman–Crippen LogP) is 2.54. The maximum atomic E-state index is 12.3. The van der Waals surface area contributed by atoms with E-state index in [4.69, 9.17) is 0 Å². The number of benzene rings is 1. The van der Waals surface area contributed by atoms with Crippen LogP contribution < -0.4 is 0 Å². The van der Waals surface area contributed by atoms with Crippen molar-refractivity contribution in [3.05, 3.63) is 28.2 Å². The molecule has 0 atom stereocenters. The Kier molecular flexibility index (Phi) is 3.11. The van der Waals surface area contributed by atoms with E-state index in [2.05, 4.69) is 15.9 Å². The van der Waals surface area contributed by atoms with Crippen LogP contribution in [-0.4, -0.2) is 25.8 Å². The van der Waals surface area contributed by atoms with Gasteiger partial charge in [0, 0.05) is 17.6 Å². The van der Waals surface area contributed by atoms with Crippen molar-refractivity contribution in [2.75, 3.05) is 7.05 Å². The maximum absolute atomic E-state index is 12.3. The first kappa shape index (κ1) is 12.1. The Hall–Kier alpha value is -0.390. The van der Waals surface area contributed by atoms with Crippen molar-refractivity contribution in [1.82, 2.24) is 4.31 Å². The van der Waals surface area contributed by atoms with Crippen LogP contribution in [-0.2, 0) is 10.0 Å². The number of nitrogens with zero attached hydrogens (tertiary/aromatic N) is 1. The molecule has 3 nitrogen and oxygen atoms in total. The van der Waals surface area contributed by atoms with Gasteiger partial charge in [-0.3, -0.25) is 0 Å². The van der Waals surface area contributed by atoms with E-state index < -0.39 is 10.0 Å². The summed E-state index contributed by atoms with van der Waals surface area (Å²) in [7, 11) is -1.67. The summed E-state index contributed by atoms with van der Waals surface area (Å²) < 4.78 is 26.9. The minimum Gasteiger partial charge on any atom is -0.207 e. The smallest absolute Gasteiger partial charge is 0.207 e. The Morgan fingerprint density at radius 3 is 2.56 bits per heavy atom. The number of halogens is 1. The molecule has 5 heteroatoms. The van der Waals surface area contributed by atoms with Gasteiger partial charge in [-0.25, -0.2) is 8.42 Å². The second-order valence-corrected chi connectivity index (χ2v) is 7.04. The number of aryl methyl sites for hydroxylation is 1. The lowest BCUT2D eigenvalue weighted by Gasteiger charge is -2.18. The highest BCUT2D eigenvalue weighted by atomic mass is 79.9. The molecule has 0 amide bonds. The zero-order valence-corrected chi connectivity index (χ0v) is 11.7. The minimum atomic E-state index is -3.33. The molecule has 2 rings (SSSR count). The van der Waals surface area contributed by atoms with Crippen LogP contribution in [0.15, 0.2) is 27.6 Å². The Morgan fingerprint density at radius 2 is 2.00 bits per heavy atom. The Bertz CT molecular complexity index is 509. The van der Waals surface area contributed by atoms with E-state index in [9.17, 15) is 8.42 Å². The molecule has 0 radical (unpaired) electrons. The van der Waals surface area contributed by atoms with Gasteiger partial charge in [0.1, 0.15) is 0 Å². The Balaban J connectivity index is 2.45. The molecule has 0 spiro atoms. The van der Waals surface area contributed by atoms with Gasteiger partial charge in [-0.2, -0.15) is 4.31 Å². The SMILES string of the molecule is Cc1ccc(Br)cc1S(=O)(=O)N(C)C1CC1. The summed E-state index contributed by atoms with van der Waals surface area (Å²) in [6.45, 7) is 1.82. The zero-order chi connectivity index (χ0) is 11.9. The molecule has 16 heavy (non-hydrogen) atoms. The van der Waals surface area contributed by atoms with Crippen LogP contribution in [0.5, 0.6) is 0 Å². The first-order valence-corrected chi connectivity index (χ1v) is 7.40. The highest BCUT2D eigenvalue weighted by Gasteiger charge is 2.35. The van der Waals surface area contributed by atoms with Crippen LogP contribution in [0.2, 0.25) is 0 Å². The molecule has 0 N–H and O–H groups in total. The van der Waals surface area contributed by atoms with Crippen LogP contribution >= 0.6 is 15.9 Å². The molecule has 0 unspecified atom stereocenters. The Labute approximate surface area is 105 Å². The summed E-state index contributed by atoms with van der Waals surface area (Å²) in [6.07, 6.45) is 1.95. The summed E-state index contributed by atoms with van der Waals surface area (Å²) >= 11 is 3.31. The van der Waals surface area contributed by atoms with E-state index in [1.54, 1.807) is 13.1 Å². The Morgan fingerprint density at radius 1 is 1.38 bits per heavy atom. The van der Waals surface area contributed by atoms with Crippen molar-refractivity contribution in [2.45, 2.75) is 30.7 Å². The first-order valence-electron chi connectivity index (χ1n) is 5.17. The van der Waals surface area contributed by atoms with Gasteiger partial charge in [-0.1, -0.05) is 22.0 Å². The van der Waals surface area contributed by atoms with Crippen molar-refractivity contribution >= 4 is 26.0 Å². The monoisotopic (exact) mass is 303 g/mol. The summed E-state index contributed by atoms with van der Waals surface area (Å²) in [4.78, 5) is 0.399. The van der Waals surface area contributed by atoms with Gasteiger partial charge in [0.05, 0.1) is 4.90 Å². The normalized spacial score (nSPS) is 16.8. The van der Waals surface area contributed by atoms with E-state index in [-0.39, 0.29) is 6.04 Å². The lowest BCUT2D eigenvalue weighted by Crippen LogP contribution is -2.29. The van der Waals surface area contributed by atoms with Gasteiger partial charge < -0.3 is 0 Å². The molecule has 0 saturated heterocycles. The molecule has 1 fully saturated rings. The fraction of sp³-hybridized carbons (Fsp3) is 0.455. The van der Waals surface area contributed by atoms with E-state index in [0.717, 1.165) is 22.9 Å². The molecule has 88 valence electrons. The highest BCUT2D eigenvalue weighted by molar-refractivity contribution is 9.10. The van der Waals surface area contributed by atoms with E-state index in [1.165, 1.54) is 4.31 Å². The highest BCUT2D eigenvalue weighted by Crippen LogP contribution is 2.32. The molecule has 1 aliphatic rings. The van der Waals surface area contributed by atoms with Crippen LogP contribution in [0.1, 0.15) is 18.4 Å². The number of hydrogen-bond acceptors (Lipinski definition) is 2. The maximum Gasteiger partial charge on any atom is 0.243 e. The van der Waals surface area contributed by atoms with Gasteiger partial charge >= 0.3 is 0 Å². The first-order chi connectivity index (χ1) is 7.43. The van der Waals surface area contributed by atoms with Gasteiger partial charge in [-0.05, 0) is 37.5 Å². The molecule has 1 aromatic carbocycles. The number of sulfonamides is 1. The fourth-order valence-electron chi connectivity index (χ4n) is 1.64. The molecule has 1 aromatic rings. The van der Waals surface area contributed by atoms with E-state index in [1.807, 2.05) is 19.1 Å². The quantitative estimate of drug-likeness (QED) is 0.860. The molecular weight excluding hydrogens is 290 g/mol. The standard InChI is InChI=1S/C11H14BrNO2S/c1-8-3-4-9(12)7-11(8)16(14,15)13(2)10-5-6-10/h3-4,7,10H,5-6H2,1-2H3. The fourth-order valence-corrected chi connectivity index (χ4v) is 3.82. The van der Waals surface area contributed by atoms with Crippen LogP contribution in [0.3, 0.4) is 0 Å². The van der Waals surface area contributed by atoms with Crippen molar-refractivity contribution in [3.63, 3.8) is 0 Å². The average Bonchev–Trinajstić information content (AvgIpc) is 3.04. The topological polar surface area (TPSA) is 37.4 Å². The molecule has 0 aromatic heterocycles. The second-order valence-electron chi connectivity index (χ2n) is 4.16. The lowest BCUT2D eigenvalue weighted by atomic mass is 10.2. The van der Waals surface area contributed by atoms with Crippen LogP contribution in [0.4, 0.5) is 0 Å². The summed E-state index contributed by atoms with van der Waals surface area (Å²) in [6, 6.07) is 5.54. The van der Waals surface area contributed by atoms with Gasteiger partial charge in [0.2, 0.25) is 10.0 Å². The number of rotatable bonds is 3. The second kappa shape index (κ2) is 4.13. The van der Waals surface area contributed by atoms with Gasteiger partial charge in [0.25, 0.3) is 0 Å². The molecule has 0 heterocycles. The van der Waals surface area contributed by atoms with Crippen molar-refractivity contribution in [2.24, 2.45) is 0 Å². The molecular formula is C11H14BrNO2S. The third kappa shape index (κ3) is 2.17. The van der Waals surface area contributed by atoms with Crippen LogP contribution in [0, 0.1) is 6.92 Å². The van der Waals surface area contributed by atoms with Gasteiger partial charge in [-0.15, -0.1) is 0 Å². The predicted molar refractivity (Wildman–Crippen MR) is 66.8 cm³/mol. The molecule has 1 aliphatic carbocycles. The van der Waals surface area contributed by atoms with Crippen molar-refractivity contribution < 1.29 is 8.42 Å². The summed E-state index contributed by atoms with van der Waals surface area (Å²) in [5.74, 6) is 0. The van der Waals surface area contributed by atoms with E-state index in [0.29, 0.717) is 4.90 Å². The average molecular weight is 304 g/mol. The third-order valence-corrected chi connectivity index (χ3v) is 5.41. The van der Waals surface area contributed by atoms with Crippen LogP contribution in [0.25, 0.3) is 0 Å². The number of hydrogen-bond donors (Lipinski definition) is 0. The van der Waals surface area contributed by atoms with Crippen molar-refractivity contribution in [1.29, 1.82) is 0 Å².